The summed E-state index contributed by atoms with van der Waals surface area (Å²) in [5.41, 5.74) is 2.13. The van der Waals surface area contributed by atoms with Gasteiger partial charge in [-0.1, -0.05) is 24.3 Å². The van der Waals surface area contributed by atoms with Crippen molar-refractivity contribution < 1.29 is 14.3 Å². The first-order valence-corrected chi connectivity index (χ1v) is 5.60. The molecule has 17 heavy (non-hydrogen) atoms. The number of rotatable bonds is 7. The lowest BCUT2D eigenvalue weighted by Gasteiger charge is -2.06. The van der Waals surface area contributed by atoms with E-state index in [9.17, 15) is 4.79 Å². The Kier molecular flexibility index (Phi) is 6.29. The van der Waals surface area contributed by atoms with Crippen molar-refractivity contribution >= 4 is 5.97 Å². The first kappa shape index (κ1) is 13.7. The molecule has 0 amide bonds. The van der Waals surface area contributed by atoms with Gasteiger partial charge in [0.2, 0.25) is 0 Å². The number of carbonyl (C=O) groups is 1. The van der Waals surface area contributed by atoms with Crippen molar-refractivity contribution in [1.29, 1.82) is 0 Å². The molecule has 1 N–H and O–H groups in total. The standard InChI is InChI=1S/C13H19NO3/c1-16-7-6-14-10-12-5-3-4-11(8-12)9-13(15)17-2/h3-5,8,14H,6-7,9-10H2,1-2H3. The number of esters is 1. The number of benzene rings is 1. The highest BCUT2D eigenvalue weighted by atomic mass is 16.5. The molecule has 0 aliphatic rings. The van der Waals surface area contributed by atoms with Crippen LogP contribution in [0.5, 0.6) is 0 Å². The quantitative estimate of drug-likeness (QED) is 0.570. The highest BCUT2D eigenvalue weighted by Crippen LogP contribution is 2.06. The topological polar surface area (TPSA) is 47.6 Å². The van der Waals surface area contributed by atoms with Crippen LogP contribution in [0, 0.1) is 0 Å². The van der Waals surface area contributed by atoms with Gasteiger partial charge in [-0.25, -0.2) is 0 Å². The number of methoxy groups -OCH3 is 2. The average Bonchev–Trinajstić information content (AvgIpc) is 2.35. The fraction of sp³-hybridized carbons (Fsp3) is 0.462. The fourth-order valence-electron chi connectivity index (χ4n) is 1.50. The molecule has 0 aromatic heterocycles. The van der Waals surface area contributed by atoms with E-state index in [-0.39, 0.29) is 5.97 Å². The largest absolute Gasteiger partial charge is 0.469 e. The molecule has 0 aliphatic carbocycles. The summed E-state index contributed by atoms with van der Waals surface area (Å²) in [6, 6.07) is 7.92. The summed E-state index contributed by atoms with van der Waals surface area (Å²) in [5.74, 6) is -0.213. The van der Waals surface area contributed by atoms with Gasteiger partial charge in [0, 0.05) is 20.2 Å². The van der Waals surface area contributed by atoms with Crippen LogP contribution in [0.25, 0.3) is 0 Å². The van der Waals surface area contributed by atoms with E-state index >= 15 is 0 Å². The molecule has 1 aromatic carbocycles. The summed E-state index contributed by atoms with van der Waals surface area (Å²) < 4.78 is 9.58. The monoisotopic (exact) mass is 237 g/mol. The number of hydrogen-bond acceptors (Lipinski definition) is 4. The van der Waals surface area contributed by atoms with Crippen LogP contribution in [0.1, 0.15) is 11.1 Å². The molecule has 1 rings (SSSR count). The Morgan fingerprint density at radius 3 is 2.76 bits per heavy atom. The molecule has 94 valence electrons. The maximum atomic E-state index is 11.1. The Hall–Kier alpha value is -1.39. The molecule has 0 saturated carbocycles. The van der Waals surface area contributed by atoms with E-state index in [4.69, 9.17) is 4.74 Å². The number of carbonyl (C=O) groups excluding carboxylic acids is 1. The van der Waals surface area contributed by atoms with Crippen LogP contribution >= 0.6 is 0 Å². The van der Waals surface area contributed by atoms with Gasteiger partial charge >= 0.3 is 5.97 Å². The van der Waals surface area contributed by atoms with Gasteiger partial charge in [0.05, 0.1) is 20.1 Å². The van der Waals surface area contributed by atoms with Gasteiger partial charge in [-0.3, -0.25) is 4.79 Å². The van der Waals surface area contributed by atoms with Crippen LogP contribution in [0.3, 0.4) is 0 Å². The molecule has 0 unspecified atom stereocenters. The van der Waals surface area contributed by atoms with E-state index in [0.717, 1.165) is 24.2 Å². The van der Waals surface area contributed by atoms with Gasteiger partial charge in [-0.05, 0) is 11.1 Å². The maximum absolute atomic E-state index is 11.1. The number of nitrogens with one attached hydrogen (secondary N) is 1. The van der Waals surface area contributed by atoms with Crippen LogP contribution < -0.4 is 5.32 Å². The minimum atomic E-state index is -0.213. The van der Waals surface area contributed by atoms with Crippen LogP contribution in [-0.4, -0.2) is 33.3 Å². The highest BCUT2D eigenvalue weighted by molar-refractivity contribution is 5.72. The molecule has 0 aliphatic heterocycles. The molecule has 0 bridgehead atoms. The van der Waals surface area contributed by atoms with E-state index in [1.807, 2.05) is 24.3 Å². The Balaban J connectivity index is 2.45. The molecule has 4 heteroatoms. The first-order valence-electron chi connectivity index (χ1n) is 5.60. The van der Waals surface area contributed by atoms with Gasteiger partial charge in [0.1, 0.15) is 0 Å². The lowest BCUT2D eigenvalue weighted by Crippen LogP contribution is -2.18. The van der Waals surface area contributed by atoms with Crippen molar-refractivity contribution in [3.63, 3.8) is 0 Å². The van der Waals surface area contributed by atoms with E-state index in [0.29, 0.717) is 13.0 Å². The molecule has 0 spiro atoms. The van der Waals surface area contributed by atoms with E-state index < -0.39 is 0 Å². The van der Waals surface area contributed by atoms with Gasteiger partial charge in [-0.2, -0.15) is 0 Å². The third-order valence-electron chi connectivity index (χ3n) is 2.38. The maximum Gasteiger partial charge on any atom is 0.309 e. The minimum Gasteiger partial charge on any atom is -0.469 e. The molecule has 0 fully saturated rings. The third-order valence-corrected chi connectivity index (χ3v) is 2.38. The van der Waals surface area contributed by atoms with E-state index in [2.05, 4.69) is 10.1 Å². The second-order valence-corrected chi connectivity index (χ2v) is 3.74. The lowest BCUT2D eigenvalue weighted by molar-refractivity contribution is -0.139. The summed E-state index contributed by atoms with van der Waals surface area (Å²) in [7, 11) is 3.08. The molecule has 0 heterocycles. The van der Waals surface area contributed by atoms with Crippen LogP contribution in [0.2, 0.25) is 0 Å². The Labute approximate surface area is 102 Å². The molecule has 1 aromatic rings. The molecule has 0 radical (unpaired) electrons. The summed E-state index contributed by atoms with van der Waals surface area (Å²) in [5, 5.41) is 3.26. The van der Waals surface area contributed by atoms with Crippen molar-refractivity contribution in [1.82, 2.24) is 5.32 Å². The summed E-state index contributed by atoms with van der Waals surface area (Å²) in [6.07, 6.45) is 0.322. The zero-order valence-electron chi connectivity index (χ0n) is 10.4. The van der Waals surface area contributed by atoms with Crippen molar-refractivity contribution in [2.45, 2.75) is 13.0 Å². The predicted molar refractivity (Wildman–Crippen MR) is 65.7 cm³/mol. The third kappa shape index (κ3) is 5.47. The van der Waals surface area contributed by atoms with Crippen LogP contribution in [0.4, 0.5) is 0 Å². The summed E-state index contributed by atoms with van der Waals surface area (Å²) in [4.78, 5) is 11.1. The van der Waals surface area contributed by atoms with Crippen LogP contribution in [-0.2, 0) is 27.2 Å². The van der Waals surface area contributed by atoms with Crippen molar-refractivity contribution in [3.05, 3.63) is 35.4 Å². The van der Waals surface area contributed by atoms with Gasteiger partial charge in [-0.15, -0.1) is 0 Å². The van der Waals surface area contributed by atoms with Crippen molar-refractivity contribution in [2.75, 3.05) is 27.4 Å². The Morgan fingerprint density at radius 1 is 1.29 bits per heavy atom. The normalized spacial score (nSPS) is 10.2. The average molecular weight is 237 g/mol. The first-order chi connectivity index (χ1) is 8.26. The molecule has 0 atom stereocenters. The smallest absolute Gasteiger partial charge is 0.309 e. The van der Waals surface area contributed by atoms with Gasteiger partial charge in [0.25, 0.3) is 0 Å². The van der Waals surface area contributed by atoms with Gasteiger partial charge in [0.15, 0.2) is 0 Å². The fourth-order valence-corrected chi connectivity index (χ4v) is 1.50. The Bertz CT molecular complexity index is 352. The van der Waals surface area contributed by atoms with E-state index in [1.54, 1.807) is 7.11 Å². The van der Waals surface area contributed by atoms with Crippen LogP contribution in [0.15, 0.2) is 24.3 Å². The molecular weight excluding hydrogens is 218 g/mol. The van der Waals surface area contributed by atoms with Crippen molar-refractivity contribution in [3.8, 4) is 0 Å². The Morgan fingerprint density at radius 2 is 2.06 bits per heavy atom. The van der Waals surface area contributed by atoms with Crippen molar-refractivity contribution in [2.24, 2.45) is 0 Å². The predicted octanol–water partition coefficient (Wildman–Crippen LogP) is 1.14. The highest BCUT2D eigenvalue weighted by Gasteiger charge is 2.03. The number of hydrogen-bond donors (Lipinski definition) is 1. The zero-order valence-corrected chi connectivity index (χ0v) is 10.4. The zero-order chi connectivity index (χ0) is 12.5. The lowest BCUT2D eigenvalue weighted by atomic mass is 10.1. The summed E-state index contributed by atoms with van der Waals surface area (Å²) >= 11 is 0. The number of ether oxygens (including phenoxy) is 2. The summed E-state index contributed by atoms with van der Waals surface area (Å²) in [6.45, 7) is 2.29. The second-order valence-electron chi connectivity index (χ2n) is 3.74. The molecule has 0 saturated heterocycles. The minimum absolute atomic E-state index is 0.213. The SMILES string of the molecule is COCCNCc1cccc(CC(=O)OC)c1. The second kappa shape index (κ2) is 7.81. The van der Waals surface area contributed by atoms with E-state index in [1.165, 1.54) is 7.11 Å². The molecule has 4 nitrogen and oxygen atoms in total. The molecular formula is C13H19NO3. The van der Waals surface area contributed by atoms with Gasteiger partial charge < -0.3 is 14.8 Å².